The molecule has 0 aromatic rings. The van der Waals surface area contributed by atoms with Crippen molar-refractivity contribution >= 4 is 5.97 Å². The molecule has 1 heterocycles. The molecule has 0 aromatic heterocycles. The van der Waals surface area contributed by atoms with Crippen LogP contribution in [-0.4, -0.2) is 41.8 Å². The number of carboxylic acids is 1. The molecule has 0 saturated carbocycles. The van der Waals surface area contributed by atoms with E-state index in [0.29, 0.717) is 13.1 Å². The van der Waals surface area contributed by atoms with Crippen LogP contribution in [0.2, 0.25) is 0 Å². The van der Waals surface area contributed by atoms with Gasteiger partial charge in [0, 0.05) is 6.54 Å². The van der Waals surface area contributed by atoms with Gasteiger partial charge in [-0.05, 0) is 25.9 Å². The zero-order chi connectivity index (χ0) is 11.5. The Morgan fingerprint density at radius 1 is 1.27 bits per heavy atom. The smallest absolute Gasteiger partial charge is 0.403 e. The predicted molar refractivity (Wildman–Crippen MR) is 47.5 cm³/mol. The first-order valence-electron chi connectivity index (χ1n) is 4.93. The van der Waals surface area contributed by atoms with E-state index < -0.39 is 24.6 Å². The number of piperidine rings is 1. The maximum atomic E-state index is 12.3. The molecule has 15 heavy (non-hydrogen) atoms. The van der Waals surface area contributed by atoms with Gasteiger partial charge in [-0.2, -0.15) is 13.2 Å². The number of rotatable bonds is 3. The molecular weight excluding hydrogens is 211 g/mol. The Morgan fingerprint density at radius 2 is 1.80 bits per heavy atom. The summed E-state index contributed by atoms with van der Waals surface area (Å²) in [4.78, 5) is 12.1. The molecule has 0 amide bonds. The Hall–Kier alpha value is -0.780. The number of alkyl halides is 3. The summed E-state index contributed by atoms with van der Waals surface area (Å²) < 4.78 is 37.0. The second-order valence-corrected chi connectivity index (χ2v) is 3.79. The van der Waals surface area contributed by atoms with Crippen molar-refractivity contribution in [3.05, 3.63) is 0 Å². The standard InChI is InChI=1S/C9H14F3NO2/c10-9(11,12)7(8(14)15)6-13-4-2-1-3-5-13/h7H,1-6H2,(H,14,15). The summed E-state index contributed by atoms with van der Waals surface area (Å²) in [6.07, 6.45) is -1.93. The summed E-state index contributed by atoms with van der Waals surface area (Å²) in [6.45, 7) is 0.721. The quantitative estimate of drug-likeness (QED) is 0.795. The number of aliphatic carboxylic acids is 1. The van der Waals surface area contributed by atoms with E-state index in [4.69, 9.17) is 5.11 Å². The van der Waals surface area contributed by atoms with E-state index in [1.54, 1.807) is 4.90 Å². The van der Waals surface area contributed by atoms with E-state index in [1.165, 1.54) is 0 Å². The Labute approximate surface area is 85.9 Å². The minimum atomic E-state index is -4.65. The molecule has 1 aliphatic rings. The summed E-state index contributed by atoms with van der Waals surface area (Å²) in [5.41, 5.74) is 0. The number of hydrogen-bond acceptors (Lipinski definition) is 2. The molecule has 1 atom stereocenters. The van der Waals surface area contributed by atoms with Crippen LogP contribution in [0.25, 0.3) is 0 Å². The first-order chi connectivity index (χ1) is 6.91. The molecule has 0 aromatic carbocycles. The van der Waals surface area contributed by atoms with Crippen molar-refractivity contribution in [3.63, 3.8) is 0 Å². The van der Waals surface area contributed by atoms with Gasteiger partial charge in [0.15, 0.2) is 5.92 Å². The van der Waals surface area contributed by atoms with E-state index >= 15 is 0 Å². The van der Waals surface area contributed by atoms with Crippen LogP contribution in [0.15, 0.2) is 0 Å². The summed E-state index contributed by atoms with van der Waals surface area (Å²) in [6, 6.07) is 0. The van der Waals surface area contributed by atoms with Gasteiger partial charge in [0.1, 0.15) is 0 Å². The fourth-order valence-corrected chi connectivity index (χ4v) is 1.72. The molecule has 0 radical (unpaired) electrons. The van der Waals surface area contributed by atoms with Gasteiger partial charge in [-0.15, -0.1) is 0 Å². The first kappa shape index (κ1) is 12.3. The molecule has 1 saturated heterocycles. The van der Waals surface area contributed by atoms with Crippen LogP contribution >= 0.6 is 0 Å². The summed E-state index contributed by atoms with van der Waals surface area (Å²) >= 11 is 0. The molecule has 1 N–H and O–H groups in total. The zero-order valence-corrected chi connectivity index (χ0v) is 8.26. The van der Waals surface area contributed by atoms with E-state index in [0.717, 1.165) is 19.3 Å². The van der Waals surface area contributed by atoms with Crippen molar-refractivity contribution in [1.82, 2.24) is 4.90 Å². The molecular formula is C9H14F3NO2. The van der Waals surface area contributed by atoms with Crippen molar-refractivity contribution in [2.75, 3.05) is 19.6 Å². The minimum absolute atomic E-state index is 0.418. The van der Waals surface area contributed by atoms with Crippen LogP contribution < -0.4 is 0 Å². The number of nitrogens with zero attached hydrogens (tertiary/aromatic N) is 1. The second kappa shape index (κ2) is 4.83. The molecule has 1 rings (SSSR count). The number of halogens is 3. The average Bonchev–Trinajstić information content (AvgIpc) is 2.13. The molecule has 3 nitrogen and oxygen atoms in total. The lowest BCUT2D eigenvalue weighted by atomic mass is 10.1. The monoisotopic (exact) mass is 225 g/mol. The Kier molecular flexibility index (Phi) is 3.96. The summed E-state index contributed by atoms with van der Waals surface area (Å²) in [5, 5.41) is 8.49. The number of likely N-dealkylation sites (tertiary alicyclic amines) is 1. The Bertz CT molecular complexity index is 224. The highest BCUT2D eigenvalue weighted by Crippen LogP contribution is 2.28. The highest BCUT2D eigenvalue weighted by Gasteiger charge is 2.45. The van der Waals surface area contributed by atoms with E-state index in [1.807, 2.05) is 0 Å². The fraction of sp³-hybridized carbons (Fsp3) is 0.889. The van der Waals surface area contributed by atoms with Gasteiger partial charge in [-0.1, -0.05) is 6.42 Å². The zero-order valence-electron chi connectivity index (χ0n) is 8.26. The lowest BCUT2D eigenvalue weighted by molar-refractivity contribution is -0.196. The summed E-state index contributed by atoms with van der Waals surface area (Å²) in [5.74, 6) is -4.04. The normalized spacial score (nSPS) is 21.3. The van der Waals surface area contributed by atoms with Crippen LogP contribution in [0.1, 0.15) is 19.3 Å². The lowest BCUT2D eigenvalue weighted by Crippen LogP contribution is -2.43. The molecule has 88 valence electrons. The van der Waals surface area contributed by atoms with E-state index in [2.05, 4.69) is 0 Å². The number of hydrogen-bond donors (Lipinski definition) is 1. The average molecular weight is 225 g/mol. The third kappa shape index (κ3) is 3.70. The van der Waals surface area contributed by atoms with Crippen molar-refractivity contribution in [2.24, 2.45) is 5.92 Å². The van der Waals surface area contributed by atoms with Crippen LogP contribution in [0.4, 0.5) is 13.2 Å². The van der Waals surface area contributed by atoms with Gasteiger partial charge in [-0.25, -0.2) is 0 Å². The molecule has 0 aliphatic carbocycles. The van der Waals surface area contributed by atoms with Gasteiger partial charge in [0.05, 0.1) is 0 Å². The Balaban J connectivity index is 2.54. The van der Waals surface area contributed by atoms with Crippen molar-refractivity contribution < 1.29 is 23.1 Å². The van der Waals surface area contributed by atoms with Crippen molar-refractivity contribution in [1.29, 1.82) is 0 Å². The molecule has 1 unspecified atom stereocenters. The van der Waals surface area contributed by atoms with Crippen LogP contribution in [-0.2, 0) is 4.79 Å². The second-order valence-electron chi connectivity index (χ2n) is 3.79. The highest BCUT2D eigenvalue weighted by molar-refractivity contribution is 5.71. The van der Waals surface area contributed by atoms with E-state index in [-0.39, 0.29) is 0 Å². The molecule has 0 bridgehead atoms. The van der Waals surface area contributed by atoms with Gasteiger partial charge < -0.3 is 10.0 Å². The summed E-state index contributed by atoms with van der Waals surface area (Å²) in [7, 11) is 0. The molecule has 0 spiro atoms. The predicted octanol–water partition coefficient (Wildman–Crippen LogP) is 1.74. The third-order valence-corrected chi connectivity index (χ3v) is 2.58. The lowest BCUT2D eigenvalue weighted by Gasteiger charge is -2.29. The maximum absolute atomic E-state index is 12.3. The van der Waals surface area contributed by atoms with Gasteiger partial charge in [0.2, 0.25) is 0 Å². The first-order valence-corrected chi connectivity index (χ1v) is 4.93. The Morgan fingerprint density at radius 3 is 2.20 bits per heavy atom. The topological polar surface area (TPSA) is 40.5 Å². The van der Waals surface area contributed by atoms with Gasteiger partial charge >= 0.3 is 12.1 Å². The van der Waals surface area contributed by atoms with Crippen LogP contribution in [0.3, 0.4) is 0 Å². The van der Waals surface area contributed by atoms with E-state index in [9.17, 15) is 18.0 Å². The van der Waals surface area contributed by atoms with Crippen molar-refractivity contribution in [3.8, 4) is 0 Å². The molecule has 6 heteroatoms. The maximum Gasteiger partial charge on any atom is 0.403 e. The number of carbonyl (C=O) groups is 1. The van der Waals surface area contributed by atoms with Gasteiger partial charge in [0.25, 0.3) is 0 Å². The third-order valence-electron chi connectivity index (χ3n) is 2.58. The van der Waals surface area contributed by atoms with Crippen molar-refractivity contribution in [2.45, 2.75) is 25.4 Å². The number of carboxylic acid groups (broad SMARTS) is 1. The fourth-order valence-electron chi connectivity index (χ4n) is 1.72. The van der Waals surface area contributed by atoms with Crippen LogP contribution in [0, 0.1) is 5.92 Å². The van der Waals surface area contributed by atoms with Gasteiger partial charge in [-0.3, -0.25) is 4.79 Å². The SMILES string of the molecule is O=C(O)C(CN1CCCCC1)C(F)(F)F. The van der Waals surface area contributed by atoms with Crippen LogP contribution in [0.5, 0.6) is 0 Å². The minimum Gasteiger partial charge on any atom is -0.481 e. The largest absolute Gasteiger partial charge is 0.481 e. The molecule has 1 aliphatic heterocycles. The highest BCUT2D eigenvalue weighted by atomic mass is 19.4. The molecule has 1 fully saturated rings.